The average Bonchev–Trinajstić information content (AvgIpc) is 2.98. The molecule has 1 fully saturated rings. The van der Waals surface area contributed by atoms with Crippen LogP contribution in [0.4, 0.5) is 5.69 Å². The molecule has 1 aliphatic rings. The fourth-order valence-corrected chi connectivity index (χ4v) is 2.17. The first kappa shape index (κ1) is 14.6. The van der Waals surface area contributed by atoms with Crippen molar-refractivity contribution in [3.63, 3.8) is 0 Å². The van der Waals surface area contributed by atoms with Crippen molar-refractivity contribution in [1.82, 2.24) is 0 Å². The summed E-state index contributed by atoms with van der Waals surface area (Å²) in [6, 6.07) is 7.26. The zero-order valence-electron chi connectivity index (χ0n) is 11.4. The van der Waals surface area contributed by atoms with E-state index >= 15 is 0 Å². The molecule has 1 saturated heterocycles. The first-order chi connectivity index (χ1) is 9.78. The first-order valence-electron chi connectivity index (χ1n) is 6.89. The van der Waals surface area contributed by atoms with Gasteiger partial charge in [-0.15, -0.1) is 0 Å². The van der Waals surface area contributed by atoms with Gasteiger partial charge in [0.15, 0.2) is 0 Å². The number of amides is 1. The van der Waals surface area contributed by atoms with Crippen molar-refractivity contribution >= 4 is 11.6 Å². The lowest BCUT2D eigenvalue weighted by Gasteiger charge is -2.09. The minimum Gasteiger partial charge on any atom is -0.384 e. The van der Waals surface area contributed by atoms with Crippen LogP contribution in [0.3, 0.4) is 0 Å². The number of rotatable bonds is 4. The van der Waals surface area contributed by atoms with Crippen LogP contribution in [0.5, 0.6) is 0 Å². The molecule has 0 saturated carbocycles. The van der Waals surface area contributed by atoms with Crippen molar-refractivity contribution in [3.8, 4) is 11.8 Å². The normalized spacial score (nSPS) is 17.4. The molecule has 1 aliphatic heterocycles. The maximum absolute atomic E-state index is 11.8. The van der Waals surface area contributed by atoms with E-state index in [1.807, 2.05) is 24.3 Å². The molecule has 4 nitrogen and oxygen atoms in total. The number of anilines is 1. The summed E-state index contributed by atoms with van der Waals surface area (Å²) < 4.78 is 5.49. The van der Waals surface area contributed by atoms with E-state index in [0.717, 1.165) is 37.1 Å². The Morgan fingerprint density at radius 1 is 1.40 bits per heavy atom. The summed E-state index contributed by atoms with van der Waals surface area (Å²) in [5, 5.41) is 11.5. The van der Waals surface area contributed by atoms with E-state index < -0.39 is 0 Å². The zero-order chi connectivity index (χ0) is 14.2. The van der Waals surface area contributed by atoms with Gasteiger partial charge in [0.05, 0.1) is 6.10 Å². The van der Waals surface area contributed by atoms with E-state index in [9.17, 15) is 4.79 Å². The molecule has 106 valence electrons. The van der Waals surface area contributed by atoms with Gasteiger partial charge in [-0.25, -0.2) is 0 Å². The molecule has 0 bridgehead atoms. The Hall–Kier alpha value is -1.83. The zero-order valence-corrected chi connectivity index (χ0v) is 11.4. The van der Waals surface area contributed by atoms with Gasteiger partial charge in [0, 0.05) is 24.3 Å². The van der Waals surface area contributed by atoms with Crippen LogP contribution >= 0.6 is 0 Å². The van der Waals surface area contributed by atoms with Crippen molar-refractivity contribution < 1.29 is 14.6 Å². The topological polar surface area (TPSA) is 58.6 Å². The highest BCUT2D eigenvalue weighted by atomic mass is 16.5. The third-order valence-electron chi connectivity index (χ3n) is 3.20. The Kier molecular flexibility index (Phi) is 5.60. The molecule has 1 unspecified atom stereocenters. The Morgan fingerprint density at radius 3 is 2.85 bits per heavy atom. The van der Waals surface area contributed by atoms with Crippen LogP contribution in [0.2, 0.25) is 0 Å². The Balaban J connectivity index is 1.78. The predicted molar refractivity (Wildman–Crippen MR) is 77.2 cm³/mol. The molecule has 0 aromatic heterocycles. The second kappa shape index (κ2) is 7.68. The smallest absolute Gasteiger partial charge is 0.224 e. The minimum atomic E-state index is -0.151. The van der Waals surface area contributed by atoms with E-state index in [4.69, 9.17) is 9.84 Å². The maximum Gasteiger partial charge on any atom is 0.224 e. The van der Waals surface area contributed by atoms with Gasteiger partial charge in [0.25, 0.3) is 0 Å². The van der Waals surface area contributed by atoms with Gasteiger partial charge in [-0.2, -0.15) is 0 Å². The molecule has 20 heavy (non-hydrogen) atoms. The Labute approximate surface area is 119 Å². The third kappa shape index (κ3) is 4.69. The molecule has 1 atom stereocenters. The van der Waals surface area contributed by atoms with Gasteiger partial charge >= 0.3 is 0 Å². The molecule has 1 aromatic carbocycles. The van der Waals surface area contributed by atoms with Crippen molar-refractivity contribution in [3.05, 3.63) is 29.8 Å². The second-order valence-electron chi connectivity index (χ2n) is 4.76. The van der Waals surface area contributed by atoms with E-state index in [0.29, 0.717) is 6.42 Å². The summed E-state index contributed by atoms with van der Waals surface area (Å²) >= 11 is 0. The number of aliphatic hydroxyl groups is 1. The van der Waals surface area contributed by atoms with Crippen molar-refractivity contribution in [2.24, 2.45) is 0 Å². The predicted octanol–water partition coefficient (Wildman–Crippen LogP) is 1.93. The van der Waals surface area contributed by atoms with E-state index in [-0.39, 0.29) is 18.6 Å². The van der Waals surface area contributed by atoms with Crippen LogP contribution in [-0.2, 0) is 9.53 Å². The standard InChI is InChI=1S/C16H19NO3/c18-11-1-3-13-5-7-14(8-6-13)17-16(19)10-9-15-4-2-12-20-15/h5-8,15,18H,2,4,9-12H2,(H,17,19). The molecular weight excluding hydrogens is 254 g/mol. The average molecular weight is 273 g/mol. The largest absolute Gasteiger partial charge is 0.384 e. The van der Waals surface area contributed by atoms with Crippen LogP contribution in [0.25, 0.3) is 0 Å². The summed E-state index contributed by atoms with van der Waals surface area (Å²) in [6.07, 6.45) is 3.67. The summed E-state index contributed by atoms with van der Waals surface area (Å²) in [7, 11) is 0. The van der Waals surface area contributed by atoms with Crippen LogP contribution in [0.1, 0.15) is 31.2 Å². The van der Waals surface area contributed by atoms with E-state index in [1.165, 1.54) is 0 Å². The molecule has 2 rings (SSSR count). The van der Waals surface area contributed by atoms with Gasteiger partial charge in [-0.1, -0.05) is 11.8 Å². The molecule has 1 heterocycles. The lowest BCUT2D eigenvalue weighted by atomic mass is 10.1. The van der Waals surface area contributed by atoms with Gasteiger partial charge in [0.2, 0.25) is 5.91 Å². The molecule has 0 radical (unpaired) electrons. The van der Waals surface area contributed by atoms with Gasteiger partial charge < -0.3 is 15.2 Å². The van der Waals surface area contributed by atoms with Gasteiger partial charge in [-0.3, -0.25) is 4.79 Å². The molecule has 1 amide bonds. The highest BCUT2D eigenvalue weighted by Crippen LogP contribution is 2.17. The Morgan fingerprint density at radius 2 is 2.20 bits per heavy atom. The summed E-state index contributed by atoms with van der Waals surface area (Å²) in [6.45, 7) is 0.671. The lowest BCUT2D eigenvalue weighted by Crippen LogP contribution is -2.15. The number of hydrogen-bond donors (Lipinski definition) is 2. The quantitative estimate of drug-likeness (QED) is 0.824. The Bertz CT molecular complexity index is 493. The lowest BCUT2D eigenvalue weighted by molar-refractivity contribution is -0.116. The fraction of sp³-hybridized carbons (Fsp3) is 0.438. The van der Waals surface area contributed by atoms with Crippen LogP contribution in [-0.4, -0.2) is 30.3 Å². The monoisotopic (exact) mass is 273 g/mol. The van der Waals surface area contributed by atoms with Crippen molar-refractivity contribution in [2.75, 3.05) is 18.5 Å². The van der Waals surface area contributed by atoms with Crippen LogP contribution in [0.15, 0.2) is 24.3 Å². The highest BCUT2D eigenvalue weighted by molar-refractivity contribution is 5.90. The van der Waals surface area contributed by atoms with Gasteiger partial charge in [-0.05, 0) is 43.5 Å². The molecule has 0 aliphatic carbocycles. The highest BCUT2D eigenvalue weighted by Gasteiger charge is 2.16. The maximum atomic E-state index is 11.8. The molecule has 1 aromatic rings. The number of carbonyl (C=O) groups is 1. The first-order valence-corrected chi connectivity index (χ1v) is 6.89. The summed E-state index contributed by atoms with van der Waals surface area (Å²) in [5.74, 6) is 5.40. The van der Waals surface area contributed by atoms with E-state index in [2.05, 4.69) is 17.2 Å². The third-order valence-corrected chi connectivity index (χ3v) is 3.20. The molecule has 4 heteroatoms. The van der Waals surface area contributed by atoms with Crippen LogP contribution < -0.4 is 5.32 Å². The second-order valence-corrected chi connectivity index (χ2v) is 4.76. The van der Waals surface area contributed by atoms with E-state index in [1.54, 1.807) is 0 Å². The summed E-state index contributed by atoms with van der Waals surface area (Å²) in [5.41, 5.74) is 1.58. The number of benzene rings is 1. The van der Waals surface area contributed by atoms with Gasteiger partial charge in [0.1, 0.15) is 6.61 Å². The van der Waals surface area contributed by atoms with Crippen LogP contribution in [0, 0.1) is 11.8 Å². The van der Waals surface area contributed by atoms with Crippen molar-refractivity contribution in [2.45, 2.75) is 31.8 Å². The molecule has 2 N–H and O–H groups in total. The number of aliphatic hydroxyl groups excluding tert-OH is 1. The number of carbonyl (C=O) groups excluding carboxylic acids is 1. The number of nitrogens with one attached hydrogen (secondary N) is 1. The fourth-order valence-electron chi connectivity index (χ4n) is 2.17. The summed E-state index contributed by atoms with van der Waals surface area (Å²) in [4.78, 5) is 11.8. The number of hydrogen-bond acceptors (Lipinski definition) is 3. The molecular formula is C16H19NO3. The SMILES string of the molecule is O=C(CCC1CCCO1)Nc1ccc(C#CCO)cc1. The van der Waals surface area contributed by atoms with Crippen molar-refractivity contribution in [1.29, 1.82) is 0 Å². The molecule has 0 spiro atoms. The number of ether oxygens (including phenoxy) is 1. The minimum absolute atomic E-state index is 0.00897.